The molecule has 6 nitrogen and oxygen atoms in total. The van der Waals surface area contributed by atoms with Crippen molar-refractivity contribution in [2.75, 3.05) is 52.4 Å². The lowest BCUT2D eigenvalue weighted by Crippen LogP contribution is -2.23. The second-order valence-electron chi connectivity index (χ2n) is 18.6. The van der Waals surface area contributed by atoms with Crippen molar-refractivity contribution >= 4 is 8.41 Å². The number of hydrogen-bond donors (Lipinski definition) is 6. The van der Waals surface area contributed by atoms with Gasteiger partial charge in [-0.15, -0.1) is 26.3 Å². The Labute approximate surface area is 406 Å². The van der Waals surface area contributed by atoms with Crippen LogP contribution in [0.1, 0.15) is 252 Å². The maximum absolute atomic E-state index is 5.85. The normalized spacial score (nSPS) is 10.0. The molecule has 0 unspecified atom stereocenters. The first-order chi connectivity index (χ1) is 29.7. The molecule has 0 aliphatic carbocycles. The smallest absolute Gasteiger partial charge is 0.00388 e. The van der Waals surface area contributed by atoms with E-state index >= 15 is 0 Å². The zero-order chi connectivity index (χ0) is 49.5. The Bertz CT molecular complexity index is 601. The van der Waals surface area contributed by atoms with E-state index in [0.29, 0.717) is 12.1 Å². The number of hydrogen-bond acceptors (Lipinski definition) is 6. The highest BCUT2D eigenvalue weighted by atomic mass is 14.9. The van der Waals surface area contributed by atoms with Crippen LogP contribution in [0.3, 0.4) is 0 Å². The third kappa shape index (κ3) is 126. The van der Waals surface area contributed by atoms with Crippen LogP contribution in [0.25, 0.3) is 0 Å². The first-order valence-electron chi connectivity index (χ1n) is 27.0. The first kappa shape index (κ1) is 82.4. The fourth-order valence-electron chi connectivity index (χ4n) is 5.38. The Morgan fingerprint density at radius 1 is 0.302 bits per heavy atom. The fraction of sp³-hybridized carbons (Fsp3) is 0.929. The van der Waals surface area contributed by atoms with E-state index < -0.39 is 0 Å². The predicted molar refractivity (Wildman–Crippen MR) is 302 cm³/mol. The van der Waals surface area contributed by atoms with E-state index in [1.165, 1.54) is 181 Å². The lowest BCUT2D eigenvalue weighted by Gasteiger charge is -2.08. The van der Waals surface area contributed by atoms with Crippen LogP contribution in [0.15, 0.2) is 26.3 Å². The van der Waals surface area contributed by atoms with Crippen LogP contribution in [0.2, 0.25) is 0 Å². The molecule has 0 bridgehead atoms. The largest absolute Gasteiger partial charge is 0.328 e. The molecule has 3 radical (unpaired) electrons. The molecule has 0 aromatic heterocycles. The molecular weight excluding hydrogens is 767 g/mol. The van der Waals surface area contributed by atoms with Gasteiger partial charge < -0.3 is 32.7 Å². The van der Waals surface area contributed by atoms with Gasteiger partial charge in [0.25, 0.3) is 0 Å². The van der Waals surface area contributed by atoms with Crippen molar-refractivity contribution in [3.8, 4) is 0 Å². The minimum atomic E-state index is 0. The standard InChI is InChI=1S/2C10H23N.C9H21N.2C8H19N.C7H17N.2C2H4.B/c1-9(2)5-7-11-8-6-10(3)4;1-3-5-7-9-11-10-8-6-4-2;1-3-5-7-9(10)8-6-4-2;1-7(2)5-9-6-8(3)4;1-3-5-7-9-8-6-4-2;1-3-5-7(8)6-4-2;2*1-2;/h9-11H,5-8H2,1-4H3;11H,3-10H2,1-2H3;9H,3-8,10H2,1-2H3;7-9H,5-6H2,1-4H3;9H,3-8H2,1-2H3;7H,3-6,8H2,1-2H3;2*1-2H2;. The summed E-state index contributed by atoms with van der Waals surface area (Å²) in [5, 5.41) is 13.7. The van der Waals surface area contributed by atoms with E-state index in [2.05, 4.69) is 158 Å². The van der Waals surface area contributed by atoms with Crippen molar-refractivity contribution in [3.05, 3.63) is 26.3 Å². The van der Waals surface area contributed by atoms with Gasteiger partial charge in [0.2, 0.25) is 0 Å². The highest BCUT2D eigenvalue weighted by Crippen LogP contribution is 2.05. The summed E-state index contributed by atoms with van der Waals surface area (Å²) in [6.07, 6.45) is 28.4. The minimum absolute atomic E-state index is 0. The Hall–Kier alpha value is -0.695. The molecule has 0 heterocycles. The maximum atomic E-state index is 5.85. The summed E-state index contributed by atoms with van der Waals surface area (Å²) in [6, 6.07) is 0.935. The monoisotopic (exact) mass is 898 g/mol. The summed E-state index contributed by atoms with van der Waals surface area (Å²) in [7, 11) is 0. The lowest BCUT2D eigenvalue weighted by molar-refractivity contribution is 0.497. The molecule has 0 aromatic carbocycles. The zero-order valence-corrected chi connectivity index (χ0v) is 47.2. The third-order valence-electron chi connectivity index (χ3n) is 9.41. The summed E-state index contributed by atoms with van der Waals surface area (Å²) >= 11 is 0. The van der Waals surface area contributed by atoms with Crippen LogP contribution in [0.4, 0.5) is 0 Å². The Morgan fingerprint density at radius 2 is 0.571 bits per heavy atom. The van der Waals surface area contributed by atoms with Crippen molar-refractivity contribution in [1.29, 1.82) is 0 Å². The van der Waals surface area contributed by atoms with Crippen LogP contribution in [-0.4, -0.2) is 72.9 Å². The van der Waals surface area contributed by atoms with E-state index in [1.807, 2.05) is 0 Å². The van der Waals surface area contributed by atoms with E-state index in [9.17, 15) is 0 Å². The summed E-state index contributed by atoms with van der Waals surface area (Å²) in [5.41, 5.74) is 11.5. The van der Waals surface area contributed by atoms with Crippen LogP contribution in [0, 0.1) is 23.7 Å². The molecule has 387 valence electrons. The van der Waals surface area contributed by atoms with Crippen molar-refractivity contribution in [1.82, 2.24) is 21.3 Å². The summed E-state index contributed by atoms with van der Waals surface area (Å²) in [5.74, 6) is 3.23. The highest BCUT2D eigenvalue weighted by Gasteiger charge is 1.99. The molecule has 63 heavy (non-hydrogen) atoms. The number of nitrogens with one attached hydrogen (secondary N) is 4. The first-order valence-corrected chi connectivity index (χ1v) is 27.0. The van der Waals surface area contributed by atoms with Gasteiger partial charge in [0.1, 0.15) is 0 Å². The third-order valence-corrected chi connectivity index (χ3v) is 9.41. The Morgan fingerprint density at radius 3 is 0.825 bits per heavy atom. The average molecular weight is 899 g/mol. The lowest BCUT2D eigenvalue weighted by atomic mass is 10.1. The molecule has 0 fully saturated rings. The molecule has 0 atom stereocenters. The molecule has 0 rings (SSSR count). The molecule has 0 aliphatic heterocycles. The number of nitrogens with two attached hydrogens (primary N) is 2. The van der Waals surface area contributed by atoms with E-state index in [0.717, 1.165) is 36.8 Å². The quantitative estimate of drug-likeness (QED) is 0.0219. The Kier molecular flexibility index (Phi) is 111. The fourth-order valence-corrected chi connectivity index (χ4v) is 5.38. The van der Waals surface area contributed by atoms with Crippen molar-refractivity contribution in [2.24, 2.45) is 35.1 Å². The van der Waals surface area contributed by atoms with Gasteiger partial charge in [-0.2, -0.15) is 0 Å². The summed E-state index contributed by atoms with van der Waals surface area (Å²) in [4.78, 5) is 0. The van der Waals surface area contributed by atoms with Gasteiger partial charge in [0.05, 0.1) is 0 Å². The van der Waals surface area contributed by atoms with Gasteiger partial charge in [-0.1, -0.05) is 188 Å². The van der Waals surface area contributed by atoms with Crippen molar-refractivity contribution < 1.29 is 0 Å². The van der Waals surface area contributed by atoms with E-state index in [4.69, 9.17) is 11.5 Å². The second kappa shape index (κ2) is 84.7. The topological polar surface area (TPSA) is 100 Å². The van der Waals surface area contributed by atoms with Gasteiger partial charge in [-0.25, -0.2) is 0 Å². The van der Waals surface area contributed by atoms with Gasteiger partial charge in [-0.05, 0) is 140 Å². The van der Waals surface area contributed by atoms with E-state index in [-0.39, 0.29) is 8.41 Å². The van der Waals surface area contributed by atoms with Crippen LogP contribution in [0.5, 0.6) is 0 Å². The molecule has 0 aliphatic rings. The second-order valence-corrected chi connectivity index (χ2v) is 18.6. The SMILES string of the molecule is C=C.C=C.CC(C)CCNCCC(C)C.CC(C)CNCC(C)C.CCCC(N)CCC.CCCCC(N)CCCC.CCCCCNCCCCC.CCCCNCCCC.[B]. The maximum Gasteiger partial charge on any atom is 0.00388 e. The van der Waals surface area contributed by atoms with Crippen molar-refractivity contribution in [3.63, 3.8) is 0 Å². The molecule has 0 saturated carbocycles. The van der Waals surface area contributed by atoms with Gasteiger partial charge in [-0.3, -0.25) is 0 Å². The highest BCUT2D eigenvalue weighted by molar-refractivity contribution is 5.75. The zero-order valence-electron chi connectivity index (χ0n) is 47.2. The Balaban J connectivity index is -0.0000000780. The molecular formula is C56H130BN6. The molecule has 0 aromatic rings. The molecule has 0 amide bonds. The minimum Gasteiger partial charge on any atom is -0.328 e. The van der Waals surface area contributed by atoms with E-state index in [1.54, 1.807) is 0 Å². The van der Waals surface area contributed by atoms with Gasteiger partial charge in [0.15, 0.2) is 0 Å². The predicted octanol–water partition coefficient (Wildman–Crippen LogP) is 15.5. The molecule has 0 spiro atoms. The average Bonchev–Trinajstić information content (AvgIpc) is 3.24. The molecule has 8 N–H and O–H groups in total. The van der Waals surface area contributed by atoms with Gasteiger partial charge in [0, 0.05) is 20.5 Å². The van der Waals surface area contributed by atoms with Crippen LogP contribution < -0.4 is 32.7 Å². The van der Waals surface area contributed by atoms with Crippen LogP contribution in [-0.2, 0) is 0 Å². The molecule has 7 heteroatoms. The van der Waals surface area contributed by atoms with Gasteiger partial charge >= 0.3 is 0 Å². The van der Waals surface area contributed by atoms with Crippen LogP contribution >= 0.6 is 0 Å². The summed E-state index contributed by atoms with van der Waals surface area (Å²) in [6.45, 7) is 57.2. The number of unbranched alkanes of at least 4 members (excludes halogenated alkanes) is 8. The summed E-state index contributed by atoms with van der Waals surface area (Å²) < 4.78 is 0. The number of rotatable bonds is 34. The molecule has 0 saturated heterocycles. The van der Waals surface area contributed by atoms with Crippen molar-refractivity contribution in [2.45, 2.75) is 264 Å².